The van der Waals surface area contributed by atoms with E-state index in [1.807, 2.05) is 25.8 Å². The summed E-state index contributed by atoms with van der Waals surface area (Å²) in [5.74, 6) is 0. The number of hydrogen-bond donors (Lipinski definition) is 2. The molecule has 0 saturated heterocycles. The summed E-state index contributed by atoms with van der Waals surface area (Å²) in [7, 11) is 1.98. The van der Waals surface area contributed by atoms with Crippen LogP contribution in [0.3, 0.4) is 0 Å². The minimum absolute atomic E-state index is 0.300. The first-order valence-corrected chi connectivity index (χ1v) is 5.16. The number of amides is 1. The molecular formula is C10H22N2O3. The predicted octanol–water partition coefficient (Wildman–Crippen LogP) is 1.35. The van der Waals surface area contributed by atoms with Crippen molar-refractivity contribution >= 4 is 6.09 Å². The number of carboxylic acid groups (broad SMARTS) is 1. The molecule has 0 unspecified atom stereocenters. The highest BCUT2D eigenvalue weighted by Gasteiger charge is 2.18. The quantitative estimate of drug-likeness (QED) is 0.633. The van der Waals surface area contributed by atoms with Crippen LogP contribution in [0.2, 0.25) is 0 Å². The summed E-state index contributed by atoms with van der Waals surface area (Å²) in [5, 5.41) is 10.7. The maximum absolute atomic E-state index is 10.2. The highest BCUT2D eigenvalue weighted by atomic mass is 16.5. The van der Waals surface area contributed by atoms with E-state index >= 15 is 0 Å². The van der Waals surface area contributed by atoms with Gasteiger partial charge in [-0.05, 0) is 33.9 Å². The second kappa shape index (κ2) is 6.63. The van der Waals surface area contributed by atoms with Gasteiger partial charge in [0.05, 0.1) is 12.3 Å². The Kier molecular flexibility index (Phi) is 6.27. The smallest absolute Gasteiger partial charge is 0.404 e. The Labute approximate surface area is 91.4 Å². The first-order chi connectivity index (χ1) is 6.87. The molecule has 0 radical (unpaired) electrons. The lowest BCUT2D eigenvalue weighted by Gasteiger charge is -2.27. The molecule has 0 spiro atoms. The average Bonchev–Trinajstić information content (AvgIpc) is 2.13. The predicted molar refractivity (Wildman–Crippen MR) is 59.0 cm³/mol. The van der Waals surface area contributed by atoms with Crippen molar-refractivity contribution in [2.24, 2.45) is 0 Å². The lowest BCUT2D eigenvalue weighted by Crippen LogP contribution is -2.35. The van der Waals surface area contributed by atoms with Crippen molar-refractivity contribution in [3.63, 3.8) is 0 Å². The van der Waals surface area contributed by atoms with Crippen LogP contribution < -0.4 is 5.32 Å². The SMILES string of the molecule is CCN(C)COC(C)(C)CCNC(=O)O. The van der Waals surface area contributed by atoms with Crippen molar-refractivity contribution in [3.05, 3.63) is 0 Å². The molecule has 2 N–H and O–H groups in total. The Morgan fingerprint density at radius 2 is 2.13 bits per heavy atom. The number of rotatable bonds is 7. The van der Waals surface area contributed by atoms with Crippen molar-refractivity contribution in [2.45, 2.75) is 32.8 Å². The van der Waals surface area contributed by atoms with Crippen LogP contribution in [-0.4, -0.2) is 48.6 Å². The Balaban J connectivity index is 3.71. The zero-order valence-corrected chi connectivity index (χ0v) is 10.0. The van der Waals surface area contributed by atoms with E-state index in [-0.39, 0.29) is 5.60 Å². The minimum Gasteiger partial charge on any atom is -0.465 e. The summed E-state index contributed by atoms with van der Waals surface area (Å²) in [6, 6.07) is 0. The fourth-order valence-corrected chi connectivity index (χ4v) is 0.919. The molecule has 0 heterocycles. The van der Waals surface area contributed by atoms with Crippen LogP contribution in [0.15, 0.2) is 0 Å². The Bertz CT molecular complexity index is 195. The molecule has 0 aliphatic rings. The molecule has 0 bridgehead atoms. The molecule has 0 rings (SSSR count). The molecular weight excluding hydrogens is 196 g/mol. The highest BCUT2D eigenvalue weighted by molar-refractivity contribution is 5.64. The third-order valence-electron chi connectivity index (χ3n) is 2.22. The molecule has 1 amide bonds. The van der Waals surface area contributed by atoms with Gasteiger partial charge in [0.2, 0.25) is 0 Å². The molecule has 0 atom stereocenters. The van der Waals surface area contributed by atoms with Gasteiger partial charge in [-0.2, -0.15) is 0 Å². The van der Waals surface area contributed by atoms with E-state index in [0.717, 1.165) is 6.54 Å². The topological polar surface area (TPSA) is 61.8 Å². The van der Waals surface area contributed by atoms with Crippen LogP contribution >= 0.6 is 0 Å². The Morgan fingerprint density at radius 1 is 1.53 bits per heavy atom. The van der Waals surface area contributed by atoms with Gasteiger partial charge in [0.15, 0.2) is 0 Å². The lowest BCUT2D eigenvalue weighted by atomic mass is 10.1. The second-order valence-corrected chi connectivity index (χ2v) is 4.19. The fourth-order valence-electron chi connectivity index (χ4n) is 0.919. The first kappa shape index (κ1) is 14.2. The van der Waals surface area contributed by atoms with Gasteiger partial charge in [0.25, 0.3) is 0 Å². The Hall–Kier alpha value is -0.810. The first-order valence-electron chi connectivity index (χ1n) is 5.16. The van der Waals surface area contributed by atoms with E-state index in [1.165, 1.54) is 0 Å². The number of nitrogens with one attached hydrogen (secondary N) is 1. The molecule has 0 aliphatic heterocycles. The summed E-state index contributed by atoms with van der Waals surface area (Å²) in [6.07, 6.45) is -0.326. The zero-order chi connectivity index (χ0) is 11.9. The van der Waals surface area contributed by atoms with Gasteiger partial charge in [-0.25, -0.2) is 4.79 Å². The summed E-state index contributed by atoms with van der Waals surface area (Å²) in [5.41, 5.74) is -0.300. The van der Waals surface area contributed by atoms with Crippen LogP contribution in [0.5, 0.6) is 0 Å². The number of nitrogens with zero attached hydrogens (tertiary/aromatic N) is 1. The minimum atomic E-state index is -0.989. The molecule has 5 nitrogen and oxygen atoms in total. The largest absolute Gasteiger partial charge is 0.465 e. The van der Waals surface area contributed by atoms with E-state index in [1.54, 1.807) is 0 Å². The van der Waals surface area contributed by atoms with Crippen molar-refractivity contribution in [1.82, 2.24) is 10.2 Å². The van der Waals surface area contributed by atoms with Gasteiger partial charge >= 0.3 is 6.09 Å². The van der Waals surface area contributed by atoms with Gasteiger partial charge in [-0.3, -0.25) is 4.90 Å². The molecule has 5 heteroatoms. The van der Waals surface area contributed by atoms with Crippen molar-refractivity contribution in [3.8, 4) is 0 Å². The van der Waals surface area contributed by atoms with Gasteiger partial charge < -0.3 is 15.2 Å². The van der Waals surface area contributed by atoms with Crippen LogP contribution in [0.4, 0.5) is 4.79 Å². The highest BCUT2D eigenvalue weighted by Crippen LogP contribution is 2.13. The molecule has 15 heavy (non-hydrogen) atoms. The maximum Gasteiger partial charge on any atom is 0.404 e. The van der Waals surface area contributed by atoms with Crippen molar-refractivity contribution < 1.29 is 14.6 Å². The molecule has 0 aromatic heterocycles. The second-order valence-electron chi connectivity index (χ2n) is 4.19. The summed E-state index contributed by atoms with van der Waals surface area (Å²) in [4.78, 5) is 12.3. The normalized spacial score (nSPS) is 11.8. The molecule has 0 aromatic rings. The van der Waals surface area contributed by atoms with Gasteiger partial charge in [-0.15, -0.1) is 0 Å². The number of carbonyl (C=O) groups is 1. The van der Waals surface area contributed by atoms with Crippen LogP contribution in [0.1, 0.15) is 27.2 Å². The number of ether oxygens (including phenoxy) is 1. The van der Waals surface area contributed by atoms with E-state index in [0.29, 0.717) is 19.7 Å². The monoisotopic (exact) mass is 218 g/mol. The van der Waals surface area contributed by atoms with E-state index in [9.17, 15) is 4.79 Å². The third kappa shape index (κ3) is 8.20. The lowest BCUT2D eigenvalue weighted by molar-refractivity contribution is -0.0692. The zero-order valence-electron chi connectivity index (χ0n) is 10.0. The van der Waals surface area contributed by atoms with E-state index in [2.05, 4.69) is 12.2 Å². The molecule has 0 fully saturated rings. The molecule has 0 aliphatic carbocycles. The summed E-state index contributed by atoms with van der Waals surface area (Å²) in [6.45, 7) is 7.89. The summed E-state index contributed by atoms with van der Waals surface area (Å²) >= 11 is 0. The van der Waals surface area contributed by atoms with Crippen LogP contribution in [0.25, 0.3) is 0 Å². The standard InChI is InChI=1S/C10H22N2O3/c1-5-12(4)8-15-10(2,3)6-7-11-9(13)14/h11H,5-8H2,1-4H3,(H,13,14). The van der Waals surface area contributed by atoms with E-state index in [4.69, 9.17) is 9.84 Å². The van der Waals surface area contributed by atoms with Crippen LogP contribution in [-0.2, 0) is 4.74 Å². The van der Waals surface area contributed by atoms with Gasteiger partial charge in [0, 0.05) is 6.54 Å². The van der Waals surface area contributed by atoms with Crippen molar-refractivity contribution in [1.29, 1.82) is 0 Å². The van der Waals surface area contributed by atoms with Crippen LogP contribution in [0, 0.1) is 0 Å². The Morgan fingerprint density at radius 3 is 2.60 bits per heavy atom. The molecule has 90 valence electrons. The summed E-state index contributed by atoms with van der Waals surface area (Å²) < 4.78 is 5.66. The number of hydrogen-bond acceptors (Lipinski definition) is 3. The third-order valence-corrected chi connectivity index (χ3v) is 2.22. The average molecular weight is 218 g/mol. The molecule has 0 aromatic carbocycles. The van der Waals surface area contributed by atoms with E-state index < -0.39 is 6.09 Å². The van der Waals surface area contributed by atoms with Gasteiger partial charge in [0.1, 0.15) is 0 Å². The fraction of sp³-hybridized carbons (Fsp3) is 0.900. The van der Waals surface area contributed by atoms with Crippen molar-refractivity contribution in [2.75, 3.05) is 26.9 Å². The molecule has 0 saturated carbocycles. The maximum atomic E-state index is 10.2. The van der Waals surface area contributed by atoms with Gasteiger partial charge in [-0.1, -0.05) is 6.92 Å².